The molecule has 0 aliphatic rings. The van der Waals surface area contributed by atoms with E-state index < -0.39 is 15.8 Å². The summed E-state index contributed by atoms with van der Waals surface area (Å²) in [6.07, 6.45) is 2.34. The second kappa shape index (κ2) is 5.90. The van der Waals surface area contributed by atoms with Crippen LogP contribution in [0.25, 0.3) is 10.9 Å². The van der Waals surface area contributed by atoms with Crippen LogP contribution in [0.5, 0.6) is 0 Å². The van der Waals surface area contributed by atoms with E-state index >= 15 is 0 Å². The molecule has 20 heavy (non-hydrogen) atoms. The summed E-state index contributed by atoms with van der Waals surface area (Å²) in [5.74, 6) is -0.498. The van der Waals surface area contributed by atoms with Gasteiger partial charge in [-0.2, -0.15) is 0 Å². The van der Waals surface area contributed by atoms with Crippen LogP contribution in [0.2, 0.25) is 0 Å². The second-order valence-electron chi connectivity index (χ2n) is 4.51. The summed E-state index contributed by atoms with van der Waals surface area (Å²) in [6, 6.07) is 4.01. The smallest absolute Gasteiger partial charge is 0.240 e. The van der Waals surface area contributed by atoms with Crippen molar-refractivity contribution in [3.63, 3.8) is 0 Å². The van der Waals surface area contributed by atoms with Crippen LogP contribution in [0.15, 0.2) is 29.3 Å². The molecule has 0 spiro atoms. The Morgan fingerprint density at radius 2 is 2.10 bits per heavy atom. The molecular formula is C13H17FN2O3S. The van der Waals surface area contributed by atoms with Gasteiger partial charge < -0.3 is 9.30 Å². The maximum Gasteiger partial charge on any atom is 0.240 e. The van der Waals surface area contributed by atoms with Gasteiger partial charge >= 0.3 is 0 Å². The first-order chi connectivity index (χ1) is 9.43. The summed E-state index contributed by atoms with van der Waals surface area (Å²) < 4.78 is 43.5. The summed E-state index contributed by atoms with van der Waals surface area (Å²) in [6.45, 7) is 3.60. The summed E-state index contributed by atoms with van der Waals surface area (Å²) in [5.41, 5.74) is 0.621. The van der Waals surface area contributed by atoms with Gasteiger partial charge in [-0.25, -0.2) is 17.9 Å². The fraction of sp³-hybridized carbons (Fsp3) is 0.385. The number of sulfonamides is 1. The van der Waals surface area contributed by atoms with Gasteiger partial charge in [0.15, 0.2) is 0 Å². The Kier molecular flexibility index (Phi) is 4.42. The third-order valence-electron chi connectivity index (χ3n) is 2.94. The highest BCUT2D eigenvalue weighted by Gasteiger charge is 2.17. The lowest BCUT2D eigenvalue weighted by Gasteiger charge is -2.05. The van der Waals surface area contributed by atoms with Gasteiger partial charge in [-0.15, -0.1) is 0 Å². The van der Waals surface area contributed by atoms with Gasteiger partial charge in [-0.3, -0.25) is 0 Å². The predicted molar refractivity (Wildman–Crippen MR) is 74.4 cm³/mol. The highest BCUT2D eigenvalue weighted by Crippen LogP contribution is 2.25. The molecule has 0 saturated heterocycles. The van der Waals surface area contributed by atoms with E-state index in [2.05, 4.69) is 0 Å². The molecule has 1 heterocycles. The maximum atomic E-state index is 13.3. The average molecular weight is 300 g/mol. The lowest BCUT2D eigenvalue weighted by molar-refractivity contribution is 0.127. The molecule has 7 heteroatoms. The van der Waals surface area contributed by atoms with Crippen LogP contribution in [-0.4, -0.2) is 26.2 Å². The van der Waals surface area contributed by atoms with Crippen molar-refractivity contribution in [2.75, 3.05) is 13.2 Å². The molecule has 2 aromatic rings. The van der Waals surface area contributed by atoms with Crippen molar-refractivity contribution in [2.24, 2.45) is 5.14 Å². The molecule has 0 saturated carbocycles. The molecule has 0 radical (unpaired) electrons. The number of nitrogens with zero attached hydrogens (tertiary/aromatic N) is 1. The summed E-state index contributed by atoms with van der Waals surface area (Å²) in [4.78, 5) is -0.0671. The standard InChI is InChI=1S/C13H17FN2O3S/c1-2-6-19-7-5-16-9-13(20(15,17)18)11-8-10(14)3-4-12(11)16/h3-4,8-9H,2,5-7H2,1H3,(H2,15,17,18). The van der Waals surface area contributed by atoms with E-state index in [1.54, 1.807) is 10.6 Å². The number of halogens is 1. The van der Waals surface area contributed by atoms with E-state index in [1.165, 1.54) is 18.3 Å². The first kappa shape index (κ1) is 15.0. The summed E-state index contributed by atoms with van der Waals surface area (Å²) in [7, 11) is -3.89. The van der Waals surface area contributed by atoms with Crippen LogP contribution < -0.4 is 5.14 Å². The predicted octanol–water partition coefficient (Wildman–Crippen LogP) is 1.85. The van der Waals surface area contributed by atoms with Crippen LogP contribution in [0.4, 0.5) is 4.39 Å². The van der Waals surface area contributed by atoms with Crippen LogP contribution >= 0.6 is 0 Å². The van der Waals surface area contributed by atoms with Gasteiger partial charge in [0.2, 0.25) is 10.0 Å². The number of hydrogen-bond acceptors (Lipinski definition) is 3. The van der Waals surface area contributed by atoms with Crippen molar-refractivity contribution < 1.29 is 17.5 Å². The molecule has 1 aromatic heterocycles. The zero-order chi connectivity index (χ0) is 14.8. The summed E-state index contributed by atoms with van der Waals surface area (Å²) >= 11 is 0. The second-order valence-corrected chi connectivity index (χ2v) is 6.04. The highest BCUT2D eigenvalue weighted by molar-refractivity contribution is 7.89. The van der Waals surface area contributed by atoms with E-state index in [1.807, 2.05) is 6.92 Å². The minimum atomic E-state index is -3.89. The Hall–Kier alpha value is -1.44. The first-order valence-corrected chi connectivity index (χ1v) is 7.87. The van der Waals surface area contributed by atoms with Gasteiger partial charge in [0.1, 0.15) is 10.7 Å². The zero-order valence-corrected chi connectivity index (χ0v) is 12.0. The van der Waals surface area contributed by atoms with Crippen molar-refractivity contribution in [3.8, 4) is 0 Å². The number of rotatable bonds is 6. The van der Waals surface area contributed by atoms with E-state index in [0.717, 1.165) is 6.42 Å². The lowest BCUT2D eigenvalue weighted by Crippen LogP contribution is -2.12. The van der Waals surface area contributed by atoms with Crippen LogP contribution in [0.3, 0.4) is 0 Å². The third kappa shape index (κ3) is 3.17. The van der Waals surface area contributed by atoms with E-state index in [9.17, 15) is 12.8 Å². The molecule has 0 aliphatic carbocycles. The first-order valence-electron chi connectivity index (χ1n) is 6.32. The molecule has 2 N–H and O–H groups in total. The van der Waals surface area contributed by atoms with Gasteiger partial charge in [0.05, 0.1) is 6.61 Å². The SMILES string of the molecule is CCCOCCn1cc(S(N)(=O)=O)c2cc(F)ccc21. The number of aromatic nitrogens is 1. The topological polar surface area (TPSA) is 74.3 Å². The Bertz CT molecular complexity index is 710. The molecule has 0 unspecified atom stereocenters. The Labute approximate surface area is 117 Å². The van der Waals surface area contributed by atoms with Gasteiger partial charge in [-0.05, 0) is 24.6 Å². The minimum Gasteiger partial charge on any atom is -0.380 e. The van der Waals surface area contributed by atoms with Gasteiger partial charge in [0, 0.05) is 30.3 Å². The monoisotopic (exact) mass is 300 g/mol. The Balaban J connectivity index is 2.40. The molecule has 5 nitrogen and oxygen atoms in total. The van der Waals surface area contributed by atoms with Crippen molar-refractivity contribution in [3.05, 3.63) is 30.2 Å². The van der Waals surface area contributed by atoms with Crippen LogP contribution in [0, 0.1) is 5.82 Å². The van der Waals surface area contributed by atoms with Crippen LogP contribution in [-0.2, 0) is 21.3 Å². The largest absolute Gasteiger partial charge is 0.380 e. The fourth-order valence-corrected chi connectivity index (χ4v) is 2.80. The van der Waals surface area contributed by atoms with Gasteiger partial charge in [-0.1, -0.05) is 6.92 Å². The van der Waals surface area contributed by atoms with Crippen molar-refractivity contribution in [1.29, 1.82) is 0 Å². The average Bonchev–Trinajstić information content (AvgIpc) is 2.72. The molecule has 1 aromatic carbocycles. The number of hydrogen-bond donors (Lipinski definition) is 1. The molecule has 0 atom stereocenters. The molecule has 110 valence electrons. The molecule has 0 aliphatic heterocycles. The number of nitrogens with two attached hydrogens (primary N) is 1. The van der Waals surface area contributed by atoms with Gasteiger partial charge in [0.25, 0.3) is 0 Å². The molecular weight excluding hydrogens is 283 g/mol. The lowest BCUT2D eigenvalue weighted by atomic mass is 10.2. The molecule has 0 amide bonds. The summed E-state index contributed by atoms with van der Waals surface area (Å²) in [5, 5.41) is 5.46. The van der Waals surface area contributed by atoms with E-state index in [-0.39, 0.29) is 4.90 Å². The van der Waals surface area contributed by atoms with Crippen LogP contribution in [0.1, 0.15) is 13.3 Å². The van der Waals surface area contributed by atoms with E-state index in [0.29, 0.717) is 30.7 Å². The number of fused-ring (bicyclic) bond motifs is 1. The Morgan fingerprint density at radius 3 is 2.75 bits per heavy atom. The number of benzene rings is 1. The highest BCUT2D eigenvalue weighted by atomic mass is 32.2. The van der Waals surface area contributed by atoms with E-state index in [4.69, 9.17) is 9.88 Å². The Morgan fingerprint density at radius 1 is 1.35 bits per heavy atom. The minimum absolute atomic E-state index is 0.0671. The number of primary sulfonamides is 1. The third-order valence-corrected chi connectivity index (χ3v) is 3.88. The zero-order valence-electron chi connectivity index (χ0n) is 11.2. The molecule has 0 fully saturated rings. The fourth-order valence-electron chi connectivity index (χ4n) is 2.06. The van der Waals surface area contributed by atoms with Crippen molar-refractivity contribution in [1.82, 2.24) is 4.57 Å². The molecule has 0 bridgehead atoms. The van der Waals surface area contributed by atoms with Crippen molar-refractivity contribution in [2.45, 2.75) is 24.8 Å². The van der Waals surface area contributed by atoms with Crippen molar-refractivity contribution >= 4 is 20.9 Å². The quantitative estimate of drug-likeness (QED) is 0.827. The maximum absolute atomic E-state index is 13.3. The molecule has 2 rings (SSSR count). The normalized spacial score (nSPS) is 12.2. The number of ether oxygens (including phenoxy) is 1.